The Morgan fingerprint density at radius 1 is 1.05 bits per heavy atom. The zero-order chi connectivity index (χ0) is 13.8. The van der Waals surface area contributed by atoms with Gasteiger partial charge >= 0.3 is 0 Å². The minimum absolute atomic E-state index is 0.0244. The van der Waals surface area contributed by atoms with Crippen molar-refractivity contribution >= 4 is 5.91 Å². The molecule has 0 aliphatic carbocycles. The fourth-order valence-electron chi connectivity index (χ4n) is 1.93. The van der Waals surface area contributed by atoms with E-state index in [0.29, 0.717) is 11.5 Å². The summed E-state index contributed by atoms with van der Waals surface area (Å²) in [6.45, 7) is 6.31. The van der Waals surface area contributed by atoms with Gasteiger partial charge in [0.25, 0.3) is 5.91 Å². The van der Waals surface area contributed by atoms with Gasteiger partial charge in [0, 0.05) is 0 Å². The van der Waals surface area contributed by atoms with Crippen molar-refractivity contribution in [3.63, 3.8) is 0 Å². The lowest BCUT2D eigenvalue weighted by atomic mass is 9.99. The summed E-state index contributed by atoms with van der Waals surface area (Å²) in [5.41, 5.74) is 2.95. The molecule has 3 nitrogen and oxygen atoms in total. The molecule has 2 rings (SSSR count). The third kappa shape index (κ3) is 3.25. The van der Waals surface area contributed by atoms with E-state index in [1.54, 1.807) is 6.07 Å². The highest BCUT2D eigenvalue weighted by Gasteiger charge is 2.12. The minimum atomic E-state index is -0.116. The second kappa shape index (κ2) is 5.74. The molecule has 19 heavy (non-hydrogen) atoms. The van der Waals surface area contributed by atoms with E-state index in [4.69, 9.17) is 4.42 Å². The fraction of sp³-hybridized carbons (Fsp3) is 0.312. The van der Waals surface area contributed by atoms with E-state index in [9.17, 15) is 4.79 Å². The molecule has 1 unspecified atom stereocenters. The first-order valence-electron chi connectivity index (χ1n) is 6.51. The van der Waals surface area contributed by atoms with E-state index >= 15 is 0 Å². The smallest absolute Gasteiger partial charge is 0.255 e. The van der Waals surface area contributed by atoms with Gasteiger partial charge in [0.15, 0.2) is 0 Å². The van der Waals surface area contributed by atoms with Crippen LogP contribution in [0.25, 0.3) is 0 Å². The maximum Gasteiger partial charge on any atom is 0.255 e. The molecule has 1 N–H and O–H groups in total. The van der Waals surface area contributed by atoms with Gasteiger partial charge in [0.05, 0.1) is 17.9 Å². The first-order valence-corrected chi connectivity index (χ1v) is 6.51. The van der Waals surface area contributed by atoms with Crippen LogP contribution in [0.3, 0.4) is 0 Å². The van der Waals surface area contributed by atoms with E-state index in [1.807, 2.05) is 6.92 Å². The van der Waals surface area contributed by atoms with Crippen molar-refractivity contribution in [3.8, 4) is 0 Å². The molecule has 1 aromatic carbocycles. The Kier molecular flexibility index (Phi) is 4.05. The van der Waals surface area contributed by atoms with Crippen LogP contribution in [-0.2, 0) is 0 Å². The lowest BCUT2D eigenvalue weighted by Crippen LogP contribution is -2.26. The Bertz CT molecular complexity index is 526. The predicted molar refractivity (Wildman–Crippen MR) is 75.1 cm³/mol. The monoisotopic (exact) mass is 257 g/mol. The van der Waals surface area contributed by atoms with E-state index in [2.05, 4.69) is 43.4 Å². The summed E-state index contributed by atoms with van der Waals surface area (Å²) in [7, 11) is 0. The number of amides is 1. The highest BCUT2D eigenvalue weighted by Crippen LogP contribution is 2.18. The lowest BCUT2D eigenvalue weighted by molar-refractivity contribution is 0.0939. The largest absolute Gasteiger partial charge is 0.472 e. The van der Waals surface area contributed by atoms with Crippen molar-refractivity contribution in [2.45, 2.75) is 32.7 Å². The van der Waals surface area contributed by atoms with Gasteiger partial charge in [-0.25, -0.2) is 0 Å². The van der Waals surface area contributed by atoms with Crippen LogP contribution in [0.1, 0.15) is 54.2 Å². The summed E-state index contributed by atoms with van der Waals surface area (Å²) in [5, 5.41) is 2.95. The highest BCUT2D eigenvalue weighted by atomic mass is 16.3. The molecule has 2 aromatic rings. The molecule has 0 radical (unpaired) electrons. The molecule has 0 spiro atoms. The molecular formula is C16H19NO2. The lowest BCUT2D eigenvalue weighted by Gasteiger charge is -2.15. The Morgan fingerprint density at radius 2 is 1.68 bits per heavy atom. The Morgan fingerprint density at radius 3 is 2.21 bits per heavy atom. The van der Waals surface area contributed by atoms with Crippen LogP contribution >= 0.6 is 0 Å². The van der Waals surface area contributed by atoms with Gasteiger partial charge in [-0.05, 0) is 30.0 Å². The van der Waals surface area contributed by atoms with Crippen molar-refractivity contribution in [2.24, 2.45) is 0 Å². The Hall–Kier alpha value is -2.03. The average molecular weight is 257 g/mol. The molecule has 1 heterocycles. The number of rotatable bonds is 4. The molecule has 0 saturated heterocycles. The molecule has 0 aliphatic heterocycles. The zero-order valence-electron chi connectivity index (χ0n) is 11.5. The molecule has 1 atom stereocenters. The maximum atomic E-state index is 11.9. The second-order valence-corrected chi connectivity index (χ2v) is 5.03. The molecule has 0 fully saturated rings. The van der Waals surface area contributed by atoms with Crippen molar-refractivity contribution in [3.05, 3.63) is 59.5 Å². The van der Waals surface area contributed by atoms with Gasteiger partial charge in [-0.1, -0.05) is 38.1 Å². The van der Waals surface area contributed by atoms with Crippen LogP contribution in [0.2, 0.25) is 0 Å². The quantitative estimate of drug-likeness (QED) is 0.902. The molecule has 100 valence electrons. The van der Waals surface area contributed by atoms with Crippen LogP contribution in [0, 0.1) is 0 Å². The third-order valence-electron chi connectivity index (χ3n) is 3.23. The summed E-state index contributed by atoms with van der Waals surface area (Å²) in [4.78, 5) is 11.9. The number of benzene rings is 1. The van der Waals surface area contributed by atoms with E-state index in [1.165, 1.54) is 18.1 Å². The first kappa shape index (κ1) is 13.4. The minimum Gasteiger partial charge on any atom is -0.472 e. The number of furan rings is 1. The fourth-order valence-corrected chi connectivity index (χ4v) is 1.93. The number of carbonyl (C=O) groups excluding carboxylic acids is 1. The van der Waals surface area contributed by atoms with Crippen LogP contribution < -0.4 is 5.32 Å². The van der Waals surface area contributed by atoms with Crippen molar-refractivity contribution in [1.82, 2.24) is 5.32 Å². The number of hydrogen-bond donors (Lipinski definition) is 1. The molecule has 1 aromatic heterocycles. The topological polar surface area (TPSA) is 42.2 Å². The van der Waals surface area contributed by atoms with Crippen LogP contribution in [-0.4, -0.2) is 5.91 Å². The van der Waals surface area contributed by atoms with Crippen molar-refractivity contribution < 1.29 is 9.21 Å². The summed E-state index contributed by atoms with van der Waals surface area (Å²) >= 11 is 0. The molecule has 0 bridgehead atoms. The first-order chi connectivity index (χ1) is 9.08. The standard InChI is InChI=1S/C16H19NO2/c1-11(2)13-4-6-14(7-5-13)12(3)17-16(18)15-8-9-19-10-15/h4-12H,1-3H3,(H,17,18). The van der Waals surface area contributed by atoms with E-state index < -0.39 is 0 Å². The van der Waals surface area contributed by atoms with Gasteiger partial charge in [-0.3, -0.25) is 4.79 Å². The second-order valence-electron chi connectivity index (χ2n) is 5.03. The Balaban J connectivity index is 2.03. The summed E-state index contributed by atoms with van der Waals surface area (Å²) in [5.74, 6) is 0.402. The van der Waals surface area contributed by atoms with Crippen LogP contribution in [0.5, 0.6) is 0 Å². The predicted octanol–water partition coefficient (Wildman–Crippen LogP) is 3.89. The zero-order valence-corrected chi connectivity index (χ0v) is 11.5. The van der Waals surface area contributed by atoms with E-state index in [0.717, 1.165) is 5.56 Å². The number of nitrogens with one attached hydrogen (secondary N) is 1. The average Bonchev–Trinajstić information content (AvgIpc) is 2.92. The normalized spacial score (nSPS) is 12.4. The van der Waals surface area contributed by atoms with Crippen molar-refractivity contribution in [2.75, 3.05) is 0 Å². The molecule has 1 amide bonds. The van der Waals surface area contributed by atoms with Gasteiger partial charge in [-0.15, -0.1) is 0 Å². The summed E-state index contributed by atoms with van der Waals surface area (Å²) in [6, 6.07) is 9.99. The summed E-state index contributed by atoms with van der Waals surface area (Å²) < 4.78 is 4.90. The third-order valence-corrected chi connectivity index (χ3v) is 3.23. The molecule has 3 heteroatoms. The van der Waals surface area contributed by atoms with Gasteiger partial charge in [0.2, 0.25) is 0 Å². The van der Waals surface area contributed by atoms with Crippen LogP contribution in [0.4, 0.5) is 0 Å². The number of carbonyl (C=O) groups is 1. The van der Waals surface area contributed by atoms with Gasteiger partial charge in [0.1, 0.15) is 6.26 Å². The van der Waals surface area contributed by atoms with Crippen LogP contribution in [0.15, 0.2) is 47.3 Å². The van der Waals surface area contributed by atoms with Gasteiger partial charge in [-0.2, -0.15) is 0 Å². The van der Waals surface area contributed by atoms with E-state index in [-0.39, 0.29) is 11.9 Å². The van der Waals surface area contributed by atoms with Gasteiger partial charge < -0.3 is 9.73 Å². The Labute approximate surface area is 113 Å². The maximum absolute atomic E-state index is 11.9. The molecule has 0 aliphatic rings. The summed E-state index contributed by atoms with van der Waals surface area (Å²) in [6.07, 6.45) is 2.95. The SMILES string of the molecule is CC(C)c1ccc(C(C)NC(=O)c2ccoc2)cc1. The number of hydrogen-bond acceptors (Lipinski definition) is 2. The molecular weight excluding hydrogens is 238 g/mol. The highest BCUT2D eigenvalue weighted by molar-refractivity contribution is 5.93. The van der Waals surface area contributed by atoms with Crippen molar-refractivity contribution in [1.29, 1.82) is 0 Å². The molecule has 0 saturated carbocycles.